The molecular weight excluding hydrogens is 366 g/mol. The molecule has 1 aliphatic heterocycles. The van der Waals surface area contributed by atoms with Crippen LogP contribution in [0, 0.1) is 0 Å². The maximum atomic E-state index is 12.2. The van der Waals surface area contributed by atoms with Crippen LogP contribution in [-0.2, 0) is 14.8 Å². The van der Waals surface area contributed by atoms with Crippen molar-refractivity contribution >= 4 is 38.6 Å². The topological polar surface area (TPSA) is 96.0 Å². The molecule has 1 N–H and O–H groups in total. The Morgan fingerprint density at radius 3 is 2.68 bits per heavy atom. The minimum Gasteiger partial charge on any atom is -0.495 e. The van der Waals surface area contributed by atoms with E-state index in [9.17, 15) is 18.0 Å². The van der Waals surface area contributed by atoms with E-state index in [4.69, 9.17) is 4.74 Å². The number of benzene rings is 1. The zero-order chi connectivity index (χ0) is 18.6. The molecule has 1 aromatic rings. The average Bonchev–Trinajstić information content (AvgIpc) is 2.97. The van der Waals surface area contributed by atoms with Gasteiger partial charge in [-0.2, -0.15) is 0 Å². The van der Waals surface area contributed by atoms with Crippen molar-refractivity contribution in [3.8, 4) is 5.75 Å². The van der Waals surface area contributed by atoms with Gasteiger partial charge < -0.3 is 15.0 Å². The van der Waals surface area contributed by atoms with E-state index in [0.717, 1.165) is 10.1 Å². The lowest BCUT2D eigenvalue weighted by atomic mass is 10.2. The van der Waals surface area contributed by atoms with Crippen LogP contribution in [0.4, 0.5) is 10.5 Å². The number of sulfonamides is 1. The molecule has 0 bridgehead atoms. The maximum Gasteiger partial charge on any atom is 0.281 e. The molecule has 0 aliphatic carbocycles. The van der Waals surface area contributed by atoms with E-state index >= 15 is 0 Å². The molecular formula is C15H21N3O5S2. The highest BCUT2D eigenvalue weighted by molar-refractivity contribution is 8.13. The van der Waals surface area contributed by atoms with Gasteiger partial charge in [0.1, 0.15) is 5.75 Å². The maximum absolute atomic E-state index is 12.2. The molecule has 0 saturated carbocycles. The van der Waals surface area contributed by atoms with E-state index in [0.29, 0.717) is 18.8 Å². The summed E-state index contributed by atoms with van der Waals surface area (Å²) in [5, 5.41) is 2.64. The summed E-state index contributed by atoms with van der Waals surface area (Å²) in [6.45, 7) is 0.965. The highest BCUT2D eigenvalue weighted by Crippen LogP contribution is 2.28. The van der Waals surface area contributed by atoms with Crippen LogP contribution < -0.4 is 10.1 Å². The lowest BCUT2D eigenvalue weighted by Crippen LogP contribution is -2.28. The van der Waals surface area contributed by atoms with Crippen LogP contribution in [0.1, 0.15) is 6.42 Å². The highest BCUT2D eigenvalue weighted by Gasteiger charge is 2.22. The summed E-state index contributed by atoms with van der Waals surface area (Å²) >= 11 is 1.24. The molecule has 1 aliphatic rings. The third kappa shape index (κ3) is 4.65. The Balaban J connectivity index is 2.11. The first-order valence-corrected chi connectivity index (χ1v) is 10.0. The molecule has 0 atom stereocenters. The van der Waals surface area contributed by atoms with E-state index in [1.165, 1.54) is 51.2 Å². The summed E-state index contributed by atoms with van der Waals surface area (Å²) in [6, 6.07) is 4.28. The van der Waals surface area contributed by atoms with Gasteiger partial charge in [0.25, 0.3) is 5.24 Å². The fourth-order valence-electron chi connectivity index (χ4n) is 2.23. The lowest BCUT2D eigenvalue weighted by molar-refractivity contribution is -0.116. The van der Waals surface area contributed by atoms with Crippen molar-refractivity contribution in [1.29, 1.82) is 0 Å². The SMILES string of the molecule is COc1ccc(S(=O)(=O)N(C)C)cc1NC(=O)CCN1CCSC1=O. The average molecular weight is 387 g/mol. The van der Waals surface area contributed by atoms with Crippen molar-refractivity contribution in [3.63, 3.8) is 0 Å². The molecule has 0 radical (unpaired) electrons. The van der Waals surface area contributed by atoms with Gasteiger partial charge in [-0.1, -0.05) is 11.8 Å². The Hall–Kier alpha value is -1.78. The summed E-state index contributed by atoms with van der Waals surface area (Å²) in [6.07, 6.45) is 0.125. The zero-order valence-electron chi connectivity index (χ0n) is 14.3. The number of amides is 2. The molecule has 1 saturated heterocycles. The molecule has 10 heteroatoms. The minimum absolute atomic E-state index is 0.0237. The molecule has 0 aromatic heterocycles. The van der Waals surface area contributed by atoms with Crippen LogP contribution in [0.15, 0.2) is 23.1 Å². The van der Waals surface area contributed by atoms with Crippen LogP contribution in [0.2, 0.25) is 0 Å². The zero-order valence-corrected chi connectivity index (χ0v) is 15.9. The summed E-state index contributed by atoms with van der Waals surface area (Å²) in [7, 11) is 0.681. The van der Waals surface area contributed by atoms with E-state index in [1.54, 1.807) is 4.90 Å². The molecule has 138 valence electrons. The number of rotatable bonds is 7. The van der Waals surface area contributed by atoms with Gasteiger partial charge in [-0.15, -0.1) is 0 Å². The standard InChI is InChI=1S/C15H21N3O5S2/c1-17(2)25(21,22)11-4-5-13(23-3)12(10-11)16-14(19)6-7-18-8-9-24-15(18)20/h4-5,10H,6-9H2,1-3H3,(H,16,19). The summed E-state index contributed by atoms with van der Waals surface area (Å²) in [5.74, 6) is 0.778. The number of anilines is 1. The quantitative estimate of drug-likeness (QED) is 0.761. The highest BCUT2D eigenvalue weighted by atomic mass is 32.2. The largest absolute Gasteiger partial charge is 0.495 e. The Morgan fingerprint density at radius 1 is 1.40 bits per heavy atom. The van der Waals surface area contributed by atoms with Gasteiger partial charge in [-0.3, -0.25) is 9.59 Å². The fraction of sp³-hybridized carbons (Fsp3) is 0.467. The third-order valence-corrected chi connectivity index (χ3v) is 6.38. The van der Waals surface area contributed by atoms with Gasteiger partial charge in [0.15, 0.2) is 0 Å². The third-order valence-electron chi connectivity index (χ3n) is 3.68. The van der Waals surface area contributed by atoms with E-state index in [-0.39, 0.29) is 28.2 Å². The number of hydrogen-bond acceptors (Lipinski definition) is 6. The molecule has 0 unspecified atom stereocenters. The number of carbonyl (C=O) groups is 2. The molecule has 25 heavy (non-hydrogen) atoms. The number of methoxy groups -OCH3 is 1. The molecule has 0 spiro atoms. The van der Waals surface area contributed by atoms with Crippen LogP contribution in [0.25, 0.3) is 0 Å². The number of thioether (sulfide) groups is 1. The predicted octanol–water partition coefficient (Wildman–Crippen LogP) is 1.44. The Kier molecular flexibility index (Phi) is 6.31. The van der Waals surface area contributed by atoms with E-state index < -0.39 is 10.0 Å². The first-order valence-electron chi connectivity index (χ1n) is 7.58. The van der Waals surface area contributed by atoms with E-state index in [2.05, 4.69) is 5.32 Å². The number of carbonyl (C=O) groups excluding carboxylic acids is 2. The number of nitrogens with one attached hydrogen (secondary N) is 1. The Morgan fingerprint density at radius 2 is 2.12 bits per heavy atom. The lowest BCUT2D eigenvalue weighted by Gasteiger charge is -2.16. The van der Waals surface area contributed by atoms with Gasteiger partial charge in [0, 0.05) is 39.4 Å². The van der Waals surface area contributed by atoms with Gasteiger partial charge in [0.05, 0.1) is 17.7 Å². The van der Waals surface area contributed by atoms with Gasteiger partial charge in [0.2, 0.25) is 15.9 Å². The summed E-state index contributed by atoms with van der Waals surface area (Å²) < 4.78 is 30.7. The van der Waals surface area contributed by atoms with Crippen molar-refractivity contribution < 1.29 is 22.7 Å². The normalized spacial score (nSPS) is 14.9. The van der Waals surface area contributed by atoms with Crippen molar-refractivity contribution in [2.75, 3.05) is 45.4 Å². The second kappa shape index (κ2) is 8.07. The number of hydrogen-bond donors (Lipinski definition) is 1. The summed E-state index contributed by atoms with van der Waals surface area (Å²) in [5.41, 5.74) is 0.276. The Labute approximate surface area is 151 Å². The van der Waals surface area contributed by atoms with Crippen molar-refractivity contribution in [1.82, 2.24) is 9.21 Å². The molecule has 1 aromatic carbocycles. The first kappa shape index (κ1) is 19.5. The van der Waals surface area contributed by atoms with Crippen LogP contribution in [-0.4, -0.2) is 68.8 Å². The summed E-state index contributed by atoms with van der Waals surface area (Å²) in [4.78, 5) is 25.4. The van der Waals surface area contributed by atoms with Crippen molar-refractivity contribution in [2.45, 2.75) is 11.3 Å². The van der Waals surface area contributed by atoms with Gasteiger partial charge in [-0.05, 0) is 18.2 Å². The molecule has 8 nitrogen and oxygen atoms in total. The molecule has 1 fully saturated rings. The van der Waals surface area contributed by atoms with Crippen LogP contribution in [0.3, 0.4) is 0 Å². The predicted molar refractivity (Wildman–Crippen MR) is 96.5 cm³/mol. The second-order valence-electron chi connectivity index (χ2n) is 5.55. The van der Waals surface area contributed by atoms with Crippen molar-refractivity contribution in [3.05, 3.63) is 18.2 Å². The molecule has 2 rings (SSSR count). The number of nitrogens with zero attached hydrogens (tertiary/aromatic N) is 2. The molecule has 2 amide bonds. The van der Waals surface area contributed by atoms with Crippen molar-refractivity contribution in [2.24, 2.45) is 0 Å². The van der Waals surface area contributed by atoms with E-state index in [1.807, 2.05) is 0 Å². The second-order valence-corrected chi connectivity index (χ2v) is 8.75. The fourth-order valence-corrected chi connectivity index (χ4v) is 4.01. The Bertz CT molecular complexity index is 764. The monoisotopic (exact) mass is 387 g/mol. The molecule has 1 heterocycles. The van der Waals surface area contributed by atoms with Crippen LogP contribution >= 0.6 is 11.8 Å². The number of ether oxygens (including phenoxy) is 1. The van der Waals surface area contributed by atoms with Gasteiger partial charge in [-0.25, -0.2) is 12.7 Å². The van der Waals surface area contributed by atoms with Crippen LogP contribution in [0.5, 0.6) is 5.75 Å². The van der Waals surface area contributed by atoms with Gasteiger partial charge >= 0.3 is 0 Å². The smallest absolute Gasteiger partial charge is 0.281 e. The minimum atomic E-state index is -3.62. The first-order chi connectivity index (χ1) is 11.8.